The molecule has 0 radical (unpaired) electrons. The highest BCUT2D eigenvalue weighted by atomic mass is 16.3. The molecule has 10 rings (SSSR count). The smallest absolute Gasteiger partial charge is 0.138 e. The van der Waals surface area contributed by atoms with Gasteiger partial charge in [-0.3, -0.25) is 0 Å². The van der Waals surface area contributed by atoms with Crippen LogP contribution in [0.4, 0.5) is 17.1 Å². The largest absolute Gasteiger partial charge is 0.456 e. The summed E-state index contributed by atoms with van der Waals surface area (Å²) >= 11 is 0. The molecule has 10 aromatic rings. The molecule has 280 valence electrons. The Labute approximate surface area is 345 Å². The summed E-state index contributed by atoms with van der Waals surface area (Å²) in [6.07, 6.45) is 0. The van der Waals surface area contributed by atoms with Gasteiger partial charge in [0.15, 0.2) is 0 Å². The normalized spacial score (nSPS) is 11.1. The van der Waals surface area contributed by atoms with Gasteiger partial charge in [-0.25, -0.2) is 0 Å². The molecule has 0 aliphatic rings. The van der Waals surface area contributed by atoms with Crippen LogP contribution in [0.5, 0.6) is 0 Å². The number of aryl methyl sites for hydroxylation is 1. The lowest BCUT2D eigenvalue weighted by Crippen LogP contribution is -2.10. The van der Waals surface area contributed by atoms with Crippen LogP contribution in [0, 0.1) is 6.92 Å². The minimum atomic E-state index is 0.894. The fraction of sp³-hybridized carbons (Fsp3) is 0.0175. The van der Waals surface area contributed by atoms with E-state index in [1.54, 1.807) is 0 Å². The molecule has 0 aliphatic heterocycles. The van der Waals surface area contributed by atoms with Crippen LogP contribution < -0.4 is 4.90 Å². The predicted molar refractivity (Wildman–Crippen MR) is 248 cm³/mol. The summed E-state index contributed by atoms with van der Waals surface area (Å²) in [4.78, 5) is 2.34. The van der Waals surface area contributed by atoms with Gasteiger partial charge in [-0.15, -0.1) is 0 Å². The van der Waals surface area contributed by atoms with Gasteiger partial charge in [0.05, 0.1) is 0 Å². The molecule has 0 saturated carbocycles. The van der Waals surface area contributed by atoms with Crippen LogP contribution in [0.15, 0.2) is 235 Å². The third-order valence-corrected chi connectivity index (χ3v) is 11.3. The second-order valence-corrected chi connectivity index (χ2v) is 14.9. The van der Waals surface area contributed by atoms with E-state index in [9.17, 15) is 0 Å². The van der Waals surface area contributed by atoms with Crippen molar-refractivity contribution in [2.24, 2.45) is 0 Å². The SMILES string of the molecule is Cc1c(-c2cccc(N(c3ccc(-c4ccc(-c5ccccc5)cc4)cc3)c3ccc(-c4ccccc4-c4ccccc4-c4ccccc4)cc3)c2)oc2ccccc12. The Morgan fingerprint density at radius 1 is 0.305 bits per heavy atom. The number of fused-ring (bicyclic) bond motifs is 1. The van der Waals surface area contributed by atoms with Crippen molar-refractivity contribution < 1.29 is 4.42 Å². The van der Waals surface area contributed by atoms with Gasteiger partial charge in [-0.1, -0.05) is 188 Å². The molecule has 59 heavy (non-hydrogen) atoms. The number of hydrogen-bond acceptors (Lipinski definition) is 2. The Balaban J connectivity index is 1.04. The number of para-hydroxylation sites is 1. The lowest BCUT2D eigenvalue weighted by atomic mass is 9.89. The van der Waals surface area contributed by atoms with E-state index in [0.717, 1.165) is 50.5 Å². The van der Waals surface area contributed by atoms with Crippen molar-refractivity contribution in [1.82, 2.24) is 0 Å². The summed E-state index contributed by atoms with van der Waals surface area (Å²) in [5.41, 5.74) is 18.2. The van der Waals surface area contributed by atoms with E-state index < -0.39 is 0 Å². The Kier molecular flexibility index (Phi) is 9.50. The highest BCUT2D eigenvalue weighted by Gasteiger charge is 2.18. The molecule has 0 spiro atoms. The number of rotatable bonds is 9. The standard InChI is InChI=1S/C57H41NO/c1-40-51-21-12-13-26-56(51)59-57(40)47-19-14-20-50(39-47)58(48-35-31-44(32-36-48)43-29-27-42(28-30-43)41-15-4-2-5-16-41)49-37-33-46(34-38-49)53-23-9-11-25-55(53)54-24-10-8-22-52(54)45-17-6-3-7-18-45/h2-39H,1H3. The summed E-state index contributed by atoms with van der Waals surface area (Å²) in [6, 6.07) is 82.3. The minimum Gasteiger partial charge on any atom is -0.456 e. The highest BCUT2D eigenvalue weighted by Crippen LogP contribution is 2.42. The molecule has 0 N–H and O–H groups in total. The maximum absolute atomic E-state index is 6.46. The summed E-state index contributed by atoms with van der Waals surface area (Å²) in [7, 11) is 0. The lowest BCUT2D eigenvalue weighted by Gasteiger charge is -2.26. The zero-order valence-corrected chi connectivity index (χ0v) is 32.8. The Morgan fingerprint density at radius 2 is 0.712 bits per heavy atom. The van der Waals surface area contributed by atoms with Crippen LogP contribution in [0.25, 0.3) is 77.9 Å². The first kappa shape index (κ1) is 35.7. The first-order valence-corrected chi connectivity index (χ1v) is 20.2. The second kappa shape index (κ2) is 15.7. The van der Waals surface area contributed by atoms with E-state index >= 15 is 0 Å². The predicted octanol–water partition coefficient (Wildman–Crippen LogP) is 16.2. The van der Waals surface area contributed by atoms with Crippen LogP contribution in [-0.4, -0.2) is 0 Å². The third kappa shape index (κ3) is 7.03. The average Bonchev–Trinajstić information content (AvgIpc) is 3.66. The number of benzene rings is 9. The van der Waals surface area contributed by atoms with E-state index in [1.165, 1.54) is 50.1 Å². The van der Waals surface area contributed by atoms with Gasteiger partial charge in [-0.2, -0.15) is 0 Å². The molecule has 1 aromatic heterocycles. The third-order valence-electron chi connectivity index (χ3n) is 11.3. The van der Waals surface area contributed by atoms with Gasteiger partial charge in [0, 0.05) is 33.6 Å². The van der Waals surface area contributed by atoms with Gasteiger partial charge in [0.25, 0.3) is 0 Å². The van der Waals surface area contributed by atoms with E-state index in [1.807, 2.05) is 12.1 Å². The van der Waals surface area contributed by atoms with Gasteiger partial charge in [0.1, 0.15) is 11.3 Å². The lowest BCUT2D eigenvalue weighted by molar-refractivity contribution is 0.629. The summed E-state index contributed by atoms with van der Waals surface area (Å²) in [6.45, 7) is 2.14. The van der Waals surface area contributed by atoms with Crippen LogP contribution in [-0.2, 0) is 0 Å². The molecule has 0 unspecified atom stereocenters. The molecule has 2 nitrogen and oxygen atoms in total. The zero-order chi connectivity index (χ0) is 39.5. The van der Waals surface area contributed by atoms with Crippen LogP contribution in [0.2, 0.25) is 0 Å². The number of nitrogens with zero attached hydrogens (tertiary/aromatic N) is 1. The molecule has 0 aliphatic carbocycles. The molecule has 2 heteroatoms. The second-order valence-electron chi connectivity index (χ2n) is 14.9. The van der Waals surface area contributed by atoms with Crippen molar-refractivity contribution >= 4 is 28.0 Å². The van der Waals surface area contributed by atoms with Crippen LogP contribution in [0.1, 0.15) is 5.56 Å². The van der Waals surface area contributed by atoms with Gasteiger partial charge >= 0.3 is 0 Å². The van der Waals surface area contributed by atoms with Crippen LogP contribution >= 0.6 is 0 Å². The zero-order valence-electron chi connectivity index (χ0n) is 32.8. The molecule has 0 atom stereocenters. The summed E-state index contributed by atoms with van der Waals surface area (Å²) in [5.74, 6) is 0.894. The fourth-order valence-corrected chi connectivity index (χ4v) is 8.32. The van der Waals surface area contributed by atoms with Crippen molar-refractivity contribution in [1.29, 1.82) is 0 Å². The minimum absolute atomic E-state index is 0.894. The Morgan fingerprint density at radius 3 is 1.27 bits per heavy atom. The summed E-state index contributed by atoms with van der Waals surface area (Å²) in [5, 5.41) is 1.14. The molecule has 0 saturated heterocycles. The van der Waals surface area contributed by atoms with E-state index in [2.05, 4.69) is 230 Å². The Bertz CT molecular complexity index is 3020. The van der Waals surface area contributed by atoms with Gasteiger partial charge in [-0.05, 0) is 105 Å². The first-order valence-electron chi connectivity index (χ1n) is 20.2. The van der Waals surface area contributed by atoms with E-state index in [-0.39, 0.29) is 0 Å². The molecule has 9 aromatic carbocycles. The van der Waals surface area contributed by atoms with Crippen molar-refractivity contribution in [3.8, 4) is 67.0 Å². The monoisotopic (exact) mass is 755 g/mol. The fourth-order valence-electron chi connectivity index (χ4n) is 8.32. The molecular weight excluding hydrogens is 715 g/mol. The van der Waals surface area contributed by atoms with Crippen molar-refractivity contribution in [3.63, 3.8) is 0 Å². The van der Waals surface area contributed by atoms with Crippen LogP contribution in [0.3, 0.4) is 0 Å². The molecular formula is C57H41NO. The summed E-state index contributed by atoms with van der Waals surface area (Å²) < 4.78 is 6.46. The molecule has 0 amide bonds. The average molecular weight is 756 g/mol. The highest BCUT2D eigenvalue weighted by molar-refractivity contribution is 5.93. The Hall–Kier alpha value is -7.68. The molecule has 1 heterocycles. The van der Waals surface area contributed by atoms with Crippen molar-refractivity contribution in [3.05, 3.63) is 236 Å². The van der Waals surface area contributed by atoms with Crippen molar-refractivity contribution in [2.75, 3.05) is 4.90 Å². The van der Waals surface area contributed by atoms with Gasteiger partial charge < -0.3 is 9.32 Å². The maximum atomic E-state index is 6.46. The van der Waals surface area contributed by atoms with Gasteiger partial charge in [0.2, 0.25) is 0 Å². The van der Waals surface area contributed by atoms with E-state index in [4.69, 9.17) is 4.42 Å². The number of hydrogen-bond donors (Lipinski definition) is 0. The maximum Gasteiger partial charge on any atom is 0.138 e. The number of furan rings is 1. The van der Waals surface area contributed by atoms with E-state index in [0.29, 0.717) is 0 Å². The quantitative estimate of drug-likeness (QED) is 0.146. The molecule has 0 bridgehead atoms. The molecule has 0 fully saturated rings. The number of anilines is 3. The topological polar surface area (TPSA) is 16.4 Å². The van der Waals surface area contributed by atoms with Crippen molar-refractivity contribution in [2.45, 2.75) is 6.92 Å². The first-order chi connectivity index (χ1) is 29.2.